The summed E-state index contributed by atoms with van der Waals surface area (Å²) in [7, 11) is 0. The van der Waals surface area contributed by atoms with Crippen molar-refractivity contribution in [3.8, 4) is 0 Å². The number of carbonyl (C=O) groups is 2. The first kappa shape index (κ1) is 64.6. The van der Waals surface area contributed by atoms with Crippen LogP contribution in [-0.2, 0) is 23.8 Å². The van der Waals surface area contributed by atoms with Crippen LogP contribution >= 0.6 is 0 Å². The molecule has 0 fully saturated rings. The van der Waals surface area contributed by atoms with Crippen LogP contribution in [0.5, 0.6) is 0 Å². The number of esters is 2. The van der Waals surface area contributed by atoms with E-state index < -0.39 is 6.10 Å². The monoisotopic (exact) mass is 943 g/mol. The van der Waals surface area contributed by atoms with Gasteiger partial charge in [0.1, 0.15) is 6.61 Å². The third kappa shape index (κ3) is 55.2. The molecule has 0 aliphatic carbocycles. The van der Waals surface area contributed by atoms with E-state index in [9.17, 15) is 9.59 Å². The van der Waals surface area contributed by atoms with Gasteiger partial charge in [0, 0.05) is 19.4 Å². The lowest BCUT2D eigenvalue weighted by molar-refractivity contribution is -0.162. The van der Waals surface area contributed by atoms with Crippen LogP contribution in [-0.4, -0.2) is 37.9 Å². The first-order valence-electron chi connectivity index (χ1n) is 28.4. The Hall–Kier alpha value is -3.44. The maximum absolute atomic E-state index is 12.8. The fourth-order valence-electron chi connectivity index (χ4n) is 7.60. The Morgan fingerprint density at radius 3 is 1.15 bits per heavy atom. The van der Waals surface area contributed by atoms with E-state index in [0.717, 1.165) is 96.3 Å². The second kappa shape index (κ2) is 57.9. The highest BCUT2D eigenvalue weighted by Crippen LogP contribution is 2.15. The van der Waals surface area contributed by atoms with Crippen LogP contribution in [0.25, 0.3) is 0 Å². The lowest BCUT2D eigenvalue weighted by atomic mass is 10.0. The summed E-state index contributed by atoms with van der Waals surface area (Å²) in [6.07, 6.45) is 79.7. The highest BCUT2D eigenvalue weighted by atomic mass is 16.6. The molecule has 0 saturated heterocycles. The average Bonchev–Trinajstić information content (AvgIpc) is 3.34. The molecule has 0 rings (SSSR count). The summed E-state index contributed by atoms with van der Waals surface area (Å²) in [5.74, 6) is -0.518. The lowest BCUT2D eigenvalue weighted by Crippen LogP contribution is -2.30. The predicted octanol–water partition coefficient (Wildman–Crippen LogP) is 19.6. The third-order valence-electron chi connectivity index (χ3n) is 11.8. The fraction of sp³-hybridized carbons (Fsp3) is 0.683. The molecule has 0 spiro atoms. The molecule has 0 aromatic heterocycles. The van der Waals surface area contributed by atoms with Crippen LogP contribution in [0.3, 0.4) is 0 Å². The molecule has 0 aliphatic heterocycles. The molecular formula is C63H106O5. The van der Waals surface area contributed by atoms with Gasteiger partial charge in [-0.05, 0) is 96.3 Å². The van der Waals surface area contributed by atoms with Gasteiger partial charge < -0.3 is 14.2 Å². The molecule has 0 aromatic rings. The maximum Gasteiger partial charge on any atom is 0.306 e. The first-order chi connectivity index (χ1) is 33.6. The van der Waals surface area contributed by atoms with Gasteiger partial charge in [0.05, 0.1) is 6.61 Å². The molecule has 0 heterocycles. The number of ether oxygens (including phenoxy) is 3. The zero-order valence-electron chi connectivity index (χ0n) is 44.6. The van der Waals surface area contributed by atoms with Gasteiger partial charge in [0.2, 0.25) is 0 Å². The molecule has 0 bridgehead atoms. The Labute approximate surface area is 421 Å². The van der Waals surface area contributed by atoms with Gasteiger partial charge in [-0.3, -0.25) is 9.59 Å². The minimum Gasteiger partial charge on any atom is -0.462 e. The van der Waals surface area contributed by atoms with Gasteiger partial charge in [-0.2, -0.15) is 0 Å². The zero-order valence-corrected chi connectivity index (χ0v) is 44.6. The SMILES string of the molecule is CC/C=C\C/C=C\C/C=C\C/C=C\CCCCCCC(=O)OC[C@@H](COCCCCCCCCCCCCCCCCCC)OC(=O)CC/C=C\C/C=C\C/C=C\C/C=C\C/C=C\CCCCC. The molecule has 1 atom stereocenters. The van der Waals surface area contributed by atoms with Gasteiger partial charge in [-0.25, -0.2) is 0 Å². The molecule has 0 radical (unpaired) electrons. The van der Waals surface area contributed by atoms with Crippen LogP contribution in [0.1, 0.15) is 252 Å². The van der Waals surface area contributed by atoms with Crippen molar-refractivity contribution in [3.05, 3.63) is 109 Å². The molecule has 0 N–H and O–H groups in total. The van der Waals surface area contributed by atoms with Crippen LogP contribution in [0.2, 0.25) is 0 Å². The van der Waals surface area contributed by atoms with E-state index in [2.05, 4.69) is 124 Å². The van der Waals surface area contributed by atoms with Gasteiger partial charge in [-0.15, -0.1) is 0 Å². The number of hydrogen-bond donors (Lipinski definition) is 0. The Balaban J connectivity index is 4.44. The summed E-state index contributed by atoms with van der Waals surface area (Å²) in [5, 5.41) is 0. The molecule has 5 heteroatoms. The van der Waals surface area contributed by atoms with Crippen molar-refractivity contribution >= 4 is 11.9 Å². The van der Waals surface area contributed by atoms with E-state index in [-0.39, 0.29) is 31.6 Å². The Kier molecular flexibility index (Phi) is 54.9. The smallest absolute Gasteiger partial charge is 0.306 e. The second-order valence-corrected chi connectivity index (χ2v) is 18.5. The Morgan fingerprint density at radius 1 is 0.338 bits per heavy atom. The van der Waals surface area contributed by atoms with E-state index in [1.807, 2.05) is 6.08 Å². The summed E-state index contributed by atoms with van der Waals surface area (Å²) in [6.45, 7) is 7.60. The van der Waals surface area contributed by atoms with E-state index in [1.54, 1.807) is 0 Å². The summed E-state index contributed by atoms with van der Waals surface area (Å²) in [6, 6.07) is 0. The van der Waals surface area contributed by atoms with Crippen molar-refractivity contribution in [2.45, 2.75) is 258 Å². The summed E-state index contributed by atoms with van der Waals surface area (Å²) in [5.41, 5.74) is 0. The normalized spacial score (nSPS) is 13.0. The van der Waals surface area contributed by atoms with E-state index in [0.29, 0.717) is 19.4 Å². The second-order valence-electron chi connectivity index (χ2n) is 18.5. The molecule has 0 aliphatic rings. The van der Waals surface area contributed by atoms with Crippen LogP contribution in [0.15, 0.2) is 109 Å². The van der Waals surface area contributed by atoms with Crippen LogP contribution in [0, 0.1) is 0 Å². The predicted molar refractivity (Wildman–Crippen MR) is 297 cm³/mol. The molecule has 0 saturated carbocycles. The number of unbranched alkanes of at least 4 members (excludes halogenated alkanes) is 22. The molecule has 388 valence electrons. The molecular weight excluding hydrogens is 837 g/mol. The van der Waals surface area contributed by atoms with Crippen LogP contribution in [0.4, 0.5) is 0 Å². The van der Waals surface area contributed by atoms with Crippen molar-refractivity contribution in [1.82, 2.24) is 0 Å². The summed E-state index contributed by atoms with van der Waals surface area (Å²) in [4.78, 5) is 25.5. The van der Waals surface area contributed by atoms with Crippen molar-refractivity contribution in [2.75, 3.05) is 19.8 Å². The van der Waals surface area contributed by atoms with Crippen LogP contribution < -0.4 is 0 Å². The average molecular weight is 944 g/mol. The third-order valence-corrected chi connectivity index (χ3v) is 11.8. The van der Waals surface area contributed by atoms with E-state index in [4.69, 9.17) is 14.2 Å². The number of hydrogen-bond acceptors (Lipinski definition) is 5. The number of carbonyl (C=O) groups excluding carboxylic acids is 2. The highest BCUT2D eigenvalue weighted by Gasteiger charge is 2.17. The summed E-state index contributed by atoms with van der Waals surface area (Å²) >= 11 is 0. The van der Waals surface area contributed by atoms with Crippen molar-refractivity contribution in [1.29, 1.82) is 0 Å². The molecule has 0 unspecified atom stereocenters. The van der Waals surface area contributed by atoms with Gasteiger partial charge >= 0.3 is 11.9 Å². The summed E-state index contributed by atoms with van der Waals surface area (Å²) < 4.78 is 17.4. The Morgan fingerprint density at radius 2 is 0.691 bits per heavy atom. The van der Waals surface area contributed by atoms with Gasteiger partial charge in [0.15, 0.2) is 6.10 Å². The Bertz CT molecular complexity index is 1340. The van der Waals surface area contributed by atoms with E-state index >= 15 is 0 Å². The van der Waals surface area contributed by atoms with Gasteiger partial charge in [0.25, 0.3) is 0 Å². The van der Waals surface area contributed by atoms with Crippen molar-refractivity contribution in [2.24, 2.45) is 0 Å². The fourth-order valence-corrected chi connectivity index (χ4v) is 7.60. The number of rotatable bonds is 51. The topological polar surface area (TPSA) is 61.8 Å². The zero-order chi connectivity index (χ0) is 49.2. The quantitative estimate of drug-likeness (QED) is 0.0345. The van der Waals surface area contributed by atoms with Crippen molar-refractivity contribution < 1.29 is 23.8 Å². The minimum absolute atomic E-state index is 0.0390. The molecule has 0 aromatic carbocycles. The number of allylic oxidation sites excluding steroid dienone is 18. The standard InChI is InChI=1S/C63H106O5/c1-4-7-10-13-16-19-22-25-28-31-32-34-36-39-42-45-48-51-54-57-63(65)68-61(59-66-58-55-52-49-46-43-40-37-30-27-24-21-18-15-12-9-6-3)60-67-62(64)56-53-50-47-44-41-38-35-33-29-26-23-20-17-14-11-8-5-2/h8,11,16-17,19-20,25-26,28-29,32,34-35,38-39,42,48,51,61H,4-7,9-10,12-15,18,21-24,27,30-31,33,36-37,40-41,43-47,49-50,52-60H2,1-3H3/b11-8-,19-16-,20-17-,28-25-,29-26-,34-32-,38-35-,42-39-,51-48-/t61-/m1/s1. The molecule has 68 heavy (non-hydrogen) atoms. The van der Waals surface area contributed by atoms with E-state index in [1.165, 1.54) is 116 Å². The maximum atomic E-state index is 12.8. The molecule has 5 nitrogen and oxygen atoms in total. The first-order valence-corrected chi connectivity index (χ1v) is 28.4. The largest absolute Gasteiger partial charge is 0.462 e. The van der Waals surface area contributed by atoms with Gasteiger partial charge in [-0.1, -0.05) is 252 Å². The van der Waals surface area contributed by atoms with Crippen molar-refractivity contribution in [3.63, 3.8) is 0 Å². The lowest BCUT2D eigenvalue weighted by Gasteiger charge is -2.18. The molecule has 0 amide bonds. The highest BCUT2D eigenvalue weighted by molar-refractivity contribution is 5.70. The minimum atomic E-state index is -0.591.